The van der Waals surface area contributed by atoms with E-state index in [1.54, 1.807) is 0 Å². The van der Waals surface area contributed by atoms with Crippen LogP contribution in [0, 0.1) is 0 Å². The summed E-state index contributed by atoms with van der Waals surface area (Å²) in [5.41, 5.74) is 0.798. The van der Waals surface area contributed by atoms with Crippen molar-refractivity contribution < 1.29 is 9.90 Å². The Bertz CT molecular complexity index is 464. The van der Waals surface area contributed by atoms with Gasteiger partial charge in [-0.05, 0) is 57.4 Å². The molecule has 140 valence electrons. The Morgan fingerprint density at radius 2 is 1.28 bits per heavy atom. The third kappa shape index (κ3) is 20.1. The molecule has 0 aliphatic rings. The third-order valence-electron chi connectivity index (χ3n) is 3.75. The van der Waals surface area contributed by atoms with Crippen molar-refractivity contribution >= 4 is 5.97 Å². The molecule has 2 nitrogen and oxygen atoms in total. The van der Waals surface area contributed by atoms with Gasteiger partial charge in [-0.25, -0.2) is 4.79 Å². The van der Waals surface area contributed by atoms with Crippen molar-refractivity contribution in [2.24, 2.45) is 0 Å². The van der Waals surface area contributed by atoms with Crippen molar-refractivity contribution in [3.05, 3.63) is 60.3 Å². The number of allylic oxidation sites excluding steroid dienone is 9. The zero-order valence-electron chi connectivity index (χ0n) is 16.1. The van der Waals surface area contributed by atoms with Gasteiger partial charge in [0.2, 0.25) is 0 Å². The second-order valence-electron chi connectivity index (χ2n) is 6.27. The highest BCUT2D eigenvalue weighted by Gasteiger charge is 1.91. The van der Waals surface area contributed by atoms with Gasteiger partial charge in [-0.2, -0.15) is 0 Å². The minimum Gasteiger partial charge on any atom is -0.478 e. The van der Waals surface area contributed by atoms with E-state index in [0.717, 1.165) is 31.3 Å². The average molecular weight is 345 g/mol. The Hall–Kier alpha value is -1.83. The maximum Gasteiger partial charge on any atom is 0.328 e. The molecule has 0 radical (unpaired) electrons. The normalized spacial score (nSPS) is 13.1. The first-order valence-corrected chi connectivity index (χ1v) is 9.69. The molecular formula is C23H36O2. The van der Waals surface area contributed by atoms with Gasteiger partial charge < -0.3 is 5.11 Å². The van der Waals surface area contributed by atoms with Crippen LogP contribution in [0.1, 0.15) is 78.1 Å². The standard InChI is InChI=1S/C23H36O2/c1-3-4-5-6-7-8-9-10-11-12-13-14-15-16-17-18-19-20-22(2)21-23(24)25/h4-5,7-8,10-11,19-21H,3,6,9,12-18H2,1-2H3,(H,24,25)/b5-4?,8-7?,11-10?,20-19+,22-21+. The molecule has 0 aliphatic heterocycles. The fourth-order valence-corrected chi connectivity index (χ4v) is 2.39. The van der Waals surface area contributed by atoms with Crippen LogP contribution in [-0.2, 0) is 4.79 Å². The van der Waals surface area contributed by atoms with Gasteiger partial charge >= 0.3 is 5.97 Å². The van der Waals surface area contributed by atoms with Gasteiger partial charge in [0.25, 0.3) is 0 Å². The molecule has 0 heterocycles. The summed E-state index contributed by atoms with van der Waals surface area (Å²) in [6.45, 7) is 3.97. The van der Waals surface area contributed by atoms with Crippen LogP contribution < -0.4 is 0 Å². The molecule has 0 unspecified atom stereocenters. The van der Waals surface area contributed by atoms with Gasteiger partial charge in [0.15, 0.2) is 0 Å². The number of hydrogen-bond donors (Lipinski definition) is 1. The molecule has 0 rings (SSSR count). The van der Waals surface area contributed by atoms with Gasteiger partial charge in [0, 0.05) is 6.08 Å². The number of unbranched alkanes of at least 4 members (excludes halogenated alkanes) is 6. The van der Waals surface area contributed by atoms with Crippen molar-refractivity contribution in [2.45, 2.75) is 78.1 Å². The van der Waals surface area contributed by atoms with Crippen LogP contribution in [0.15, 0.2) is 60.3 Å². The molecule has 0 aromatic rings. The molecule has 0 saturated heterocycles. The lowest BCUT2D eigenvalue weighted by Gasteiger charge is -1.98. The van der Waals surface area contributed by atoms with E-state index in [4.69, 9.17) is 5.11 Å². The summed E-state index contributed by atoms with van der Waals surface area (Å²) in [4.78, 5) is 10.5. The van der Waals surface area contributed by atoms with Crippen molar-refractivity contribution in [3.63, 3.8) is 0 Å². The van der Waals surface area contributed by atoms with Crippen molar-refractivity contribution in [1.29, 1.82) is 0 Å². The highest BCUT2D eigenvalue weighted by Crippen LogP contribution is 2.09. The third-order valence-corrected chi connectivity index (χ3v) is 3.75. The predicted molar refractivity (Wildman–Crippen MR) is 110 cm³/mol. The minimum absolute atomic E-state index is 0.798. The summed E-state index contributed by atoms with van der Waals surface area (Å²) in [5, 5.41) is 8.61. The summed E-state index contributed by atoms with van der Waals surface area (Å²) in [6.07, 6.45) is 30.4. The molecule has 0 aromatic carbocycles. The van der Waals surface area contributed by atoms with Crippen molar-refractivity contribution in [2.75, 3.05) is 0 Å². The zero-order valence-corrected chi connectivity index (χ0v) is 16.1. The molecule has 0 amide bonds. The van der Waals surface area contributed by atoms with E-state index in [1.165, 1.54) is 44.6 Å². The van der Waals surface area contributed by atoms with E-state index >= 15 is 0 Å². The summed E-state index contributed by atoms with van der Waals surface area (Å²) in [6, 6.07) is 0. The molecule has 0 aromatic heterocycles. The van der Waals surface area contributed by atoms with Gasteiger partial charge in [0.05, 0.1) is 0 Å². The number of aliphatic carboxylic acids is 1. The first-order chi connectivity index (χ1) is 12.2. The minimum atomic E-state index is -0.878. The molecule has 1 N–H and O–H groups in total. The summed E-state index contributed by atoms with van der Waals surface area (Å²) in [7, 11) is 0. The van der Waals surface area contributed by atoms with E-state index in [2.05, 4.69) is 49.5 Å². The first-order valence-electron chi connectivity index (χ1n) is 9.69. The van der Waals surface area contributed by atoms with Gasteiger partial charge in [-0.1, -0.05) is 74.8 Å². The van der Waals surface area contributed by atoms with E-state index in [-0.39, 0.29) is 0 Å². The van der Waals surface area contributed by atoms with E-state index in [9.17, 15) is 4.79 Å². The van der Waals surface area contributed by atoms with Crippen LogP contribution in [0.3, 0.4) is 0 Å². The van der Waals surface area contributed by atoms with E-state index in [1.807, 2.05) is 13.0 Å². The average Bonchev–Trinajstić information content (AvgIpc) is 2.57. The molecule has 0 spiro atoms. The molecule has 0 aliphatic carbocycles. The molecular weight excluding hydrogens is 308 g/mol. The maximum atomic E-state index is 10.5. The largest absolute Gasteiger partial charge is 0.478 e. The molecule has 0 saturated carbocycles. The number of rotatable bonds is 15. The van der Waals surface area contributed by atoms with Crippen LogP contribution in [0.5, 0.6) is 0 Å². The van der Waals surface area contributed by atoms with Crippen LogP contribution in [-0.4, -0.2) is 11.1 Å². The lowest BCUT2D eigenvalue weighted by atomic mass is 10.1. The van der Waals surface area contributed by atoms with Crippen LogP contribution in [0.4, 0.5) is 0 Å². The highest BCUT2D eigenvalue weighted by atomic mass is 16.4. The molecule has 2 heteroatoms. The number of hydrogen-bond acceptors (Lipinski definition) is 1. The second-order valence-corrected chi connectivity index (χ2v) is 6.27. The molecule has 0 fully saturated rings. The Labute approximate surface area is 154 Å². The zero-order chi connectivity index (χ0) is 18.6. The fourth-order valence-electron chi connectivity index (χ4n) is 2.39. The Kier molecular flexibility index (Phi) is 17.2. The van der Waals surface area contributed by atoms with Crippen LogP contribution >= 0.6 is 0 Å². The maximum absolute atomic E-state index is 10.5. The topological polar surface area (TPSA) is 37.3 Å². The lowest BCUT2D eigenvalue weighted by Crippen LogP contribution is -1.87. The van der Waals surface area contributed by atoms with Crippen LogP contribution in [0.2, 0.25) is 0 Å². The number of carbonyl (C=O) groups is 1. The monoisotopic (exact) mass is 344 g/mol. The van der Waals surface area contributed by atoms with E-state index < -0.39 is 5.97 Å². The first kappa shape index (κ1) is 23.2. The van der Waals surface area contributed by atoms with Crippen LogP contribution in [0.25, 0.3) is 0 Å². The summed E-state index contributed by atoms with van der Waals surface area (Å²) >= 11 is 0. The van der Waals surface area contributed by atoms with Gasteiger partial charge in [-0.15, -0.1) is 0 Å². The molecule has 0 bridgehead atoms. The second kappa shape index (κ2) is 18.5. The van der Waals surface area contributed by atoms with Gasteiger partial charge in [0.1, 0.15) is 0 Å². The Balaban J connectivity index is 3.41. The number of carboxylic acid groups (broad SMARTS) is 1. The summed E-state index contributed by atoms with van der Waals surface area (Å²) in [5.74, 6) is -0.878. The predicted octanol–water partition coefficient (Wildman–Crippen LogP) is 7.16. The SMILES string of the molecule is CCC=CCC=CCC=CCCCCCCC/C=C/C(C)=C/C(=O)O. The Morgan fingerprint density at radius 1 is 0.760 bits per heavy atom. The summed E-state index contributed by atoms with van der Waals surface area (Å²) < 4.78 is 0. The fraction of sp³-hybridized carbons (Fsp3) is 0.522. The lowest BCUT2D eigenvalue weighted by molar-refractivity contribution is -0.131. The van der Waals surface area contributed by atoms with Crippen molar-refractivity contribution in [3.8, 4) is 0 Å². The van der Waals surface area contributed by atoms with Crippen molar-refractivity contribution in [1.82, 2.24) is 0 Å². The Morgan fingerprint density at radius 3 is 1.88 bits per heavy atom. The quantitative estimate of drug-likeness (QED) is 0.148. The molecule has 0 atom stereocenters. The van der Waals surface area contributed by atoms with Gasteiger partial charge in [-0.3, -0.25) is 0 Å². The smallest absolute Gasteiger partial charge is 0.328 e. The number of carboxylic acids is 1. The highest BCUT2D eigenvalue weighted by molar-refractivity contribution is 5.81. The molecule has 25 heavy (non-hydrogen) atoms. The van der Waals surface area contributed by atoms with E-state index in [0.29, 0.717) is 0 Å².